The van der Waals surface area contributed by atoms with Gasteiger partial charge in [0.1, 0.15) is 6.10 Å². The van der Waals surface area contributed by atoms with Crippen molar-refractivity contribution in [2.45, 2.75) is 71.0 Å². The lowest BCUT2D eigenvalue weighted by molar-refractivity contribution is 0.0814. The molecular weight excluding hydrogens is 249 g/mol. The molecule has 1 saturated carbocycles. The van der Waals surface area contributed by atoms with Gasteiger partial charge in [-0.2, -0.15) is 0 Å². The molecule has 109 valence electrons. The van der Waals surface area contributed by atoms with Crippen LogP contribution >= 0.6 is 0 Å². The van der Waals surface area contributed by atoms with Crippen LogP contribution in [0.2, 0.25) is 0 Å². The molecule has 1 aliphatic carbocycles. The van der Waals surface area contributed by atoms with Gasteiger partial charge in [0.25, 0.3) is 0 Å². The highest BCUT2D eigenvalue weighted by Gasteiger charge is 2.18. The van der Waals surface area contributed by atoms with E-state index in [1.54, 1.807) is 7.48 Å². The Morgan fingerprint density at radius 1 is 1.20 bits per heavy atom. The van der Waals surface area contributed by atoms with Crippen LogP contribution in [0.4, 0.5) is 0 Å². The smallest absolute Gasteiger partial charge is 0.346 e. The fourth-order valence-electron chi connectivity index (χ4n) is 2.30. The number of hydrogen-bond acceptors (Lipinski definition) is 3. The highest BCUT2D eigenvalue weighted by molar-refractivity contribution is 6.71. The summed E-state index contributed by atoms with van der Waals surface area (Å²) in [5, 5.41) is 0. The van der Waals surface area contributed by atoms with E-state index in [-0.39, 0.29) is 5.60 Å². The van der Waals surface area contributed by atoms with E-state index in [0.29, 0.717) is 6.10 Å². The highest BCUT2D eigenvalue weighted by atomic mass is 16.5. The first-order valence-electron chi connectivity index (χ1n) is 7.65. The molecule has 1 heterocycles. The molecule has 0 atom stereocenters. The Hall–Kier alpha value is -1.03. The van der Waals surface area contributed by atoms with E-state index in [1.807, 2.05) is 32.9 Å². The quantitative estimate of drug-likeness (QED) is 0.726. The SMILES string of the molecule is CC(C)(C)O[B]C1=NC(OC2CCCCC2)=CC=CC1. The molecule has 0 aromatic rings. The Balaban J connectivity index is 1.92. The average Bonchev–Trinajstić information content (AvgIpc) is 2.62. The fourth-order valence-corrected chi connectivity index (χ4v) is 2.30. The van der Waals surface area contributed by atoms with Crippen LogP contribution < -0.4 is 0 Å². The van der Waals surface area contributed by atoms with Crippen molar-refractivity contribution in [2.24, 2.45) is 4.99 Å². The first kappa shape index (κ1) is 15.4. The predicted octanol–water partition coefficient (Wildman–Crippen LogP) is 3.97. The first-order chi connectivity index (χ1) is 9.53. The Labute approximate surface area is 123 Å². The molecule has 1 aliphatic heterocycles. The average molecular weight is 274 g/mol. The number of aliphatic imine (C=N–C) groups is 1. The summed E-state index contributed by atoms with van der Waals surface area (Å²) in [4.78, 5) is 4.59. The van der Waals surface area contributed by atoms with Crippen molar-refractivity contribution < 1.29 is 9.39 Å². The van der Waals surface area contributed by atoms with Crippen molar-refractivity contribution >= 4 is 13.1 Å². The molecule has 0 N–H and O–H groups in total. The van der Waals surface area contributed by atoms with Gasteiger partial charge in [-0.05, 0) is 59.0 Å². The number of rotatable bonds is 4. The second-order valence-corrected chi connectivity index (χ2v) is 6.47. The third-order valence-corrected chi connectivity index (χ3v) is 3.34. The van der Waals surface area contributed by atoms with Crippen LogP contribution in [0.15, 0.2) is 29.1 Å². The van der Waals surface area contributed by atoms with Gasteiger partial charge in [0.15, 0.2) is 0 Å². The van der Waals surface area contributed by atoms with Crippen molar-refractivity contribution in [1.82, 2.24) is 0 Å². The number of ether oxygens (including phenoxy) is 1. The zero-order valence-electron chi connectivity index (χ0n) is 12.9. The minimum absolute atomic E-state index is 0.188. The van der Waals surface area contributed by atoms with Gasteiger partial charge in [-0.15, -0.1) is 0 Å². The van der Waals surface area contributed by atoms with Gasteiger partial charge >= 0.3 is 7.48 Å². The third kappa shape index (κ3) is 5.54. The van der Waals surface area contributed by atoms with Gasteiger partial charge in [-0.3, -0.25) is 0 Å². The summed E-state index contributed by atoms with van der Waals surface area (Å²) in [5.41, 5.74) is 0.725. The Kier molecular flexibility index (Phi) is 5.47. The van der Waals surface area contributed by atoms with Gasteiger partial charge in [-0.25, -0.2) is 4.99 Å². The largest absolute Gasteiger partial charge is 0.474 e. The Morgan fingerprint density at radius 3 is 2.65 bits per heavy atom. The van der Waals surface area contributed by atoms with E-state index in [4.69, 9.17) is 9.39 Å². The van der Waals surface area contributed by atoms with E-state index in [9.17, 15) is 0 Å². The number of allylic oxidation sites excluding steroid dienone is 3. The van der Waals surface area contributed by atoms with Crippen LogP contribution in [-0.4, -0.2) is 24.8 Å². The maximum absolute atomic E-state index is 6.02. The zero-order valence-corrected chi connectivity index (χ0v) is 12.9. The highest BCUT2D eigenvalue weighted by Crippen LogP contribution is 2.23. The van der Waals surface area contributed by atoms with Crippen LogP contribution in [0.25, 0.3) is 0 Å². The maximum atomic E-state index is 6.02. The van der Waals surface area contributed by atoms with Crippen molar-refractivity contribution in [2.75, 3.05) is 0 Å². The van der Waals surface area contributed by atoms with Crippen LogP contribution in [0.3, 0.4) is 0 Å². The minimum Gasteiger partial charge on any atom is -0.474 e. The van der Waals surface area contributed by atoms with Crippen LogP contribution in [0.5, 0.6) is 0 Å². The molecule has 0 unspecified atom stereocenters. The molecule has 2 aliphatic rings. The Bertz CT molecular complexity index is 401. The van der Waals surface area contributed by atoms with Gasteiger partial charge in [0.2, 0.25) is 5.88 Å². The van der Waals surface area contributed by atoms with Gasteiger partial charge in [0.05, 0.1) is 0 Å². The Morgan fingerprint density at radius 2 is 1.95 bits per heavy atom. The standard InChI is InChI=1S/C16H25BNO2/c1-16(2,3)20-17-14-11-7-8-12-15(18-14)19-13-9-5-4-6-10-13/h7-8,12-13H,4-6,9-11H2,1-3H3. The summed E-state index contributed by atoms with van der Waals surface area (Å²) in [6.45, 7) is 6.10. The lowest BCUT2D eigenvalue weighted by atomic mass is 9.88. The molecular formula is C16H25BNO2. The second-order valence-electron chi connectivity index (χ2n) is 6.47. The molecule has 4 heteroatoms. The lowest BCUT2D eigenvalue weighted by Gasteiger charge is -2.23. The third-order valence-electron chi connectivity index (χ3n) is 3.34. The van der Waals surface area contributed by atoms with E-state index < -0.39 is 0 Å². The monoisotopic (exact) mass is 274 g/mol. The topological polar surface area (TPSA) is 30.8 Å². The second kappa shape index (κ2) is 7.12. The van der Waals surface area contributed by atoms with E-state index in [1.165, 1.54) is 19.3 Å². The number of hydrogen-bond donors (Lipinski definition) is 0. The summed E-state index contributed by atoms with van der Waals surface area (Å²) in [7, 11) is 1.76. The molecule has 20 heavy (non-hydrogen) atoms. The van der Waals surface area contributed by atoms with Gasteiger partial charge in [0, 0.05) is 11.2 Å². The molecule has 1 radical (unpaired) electrons. The summed E-state index contributed by atoms with van der Waals surface area (Å²) < 4.78 is 11.7. The summed E-state index contributed by atoms with van der Waals surface area (Å²) >= 11 is 0. The van der Waals surface area contributed by atoms with Crippen molar-refractivity contribution in [1.29, 1.82) is 0 Å². The molecule has 0 aromatic carbocycles. The van der Waals surface area contributed by atoms with Gasteiger partial charge in [-0.1, -0.05) is 18.6 Å². The summed E-state index contributed by atoms with van der Waals surface area (Å²) in [6.07, 6.45) is 13.3. The van der Waals surface area contributed by atoms with Crippen molar-refractivity contribution in [3.8, 4) is 0 Å². The molecule has 0 saturated heterocycles. The van der Waals surface area contributed by atoms with Crippen LogP contribution in [0.1, 0.15) is 59.3 Å². The molecule has 0 bridgehead atoms. The maximum Gasteiger partial charge on any atom is 0.346 e. The van der Waals surface area contributed by atoms with E-state index in [2.05, 4.69) is 11.1 Å². The number of nitrogens with zero attached hydrogens (tertiary/aromatic N) is 1. The molecule has 1 fully saturated rings. The minimum atomic E-state index is -0.188. The van der Waals surface area contributed by atoms with Crippen molar-refractivity contribution in [3.63, 3.8) is 0 Å². The molecule has 0 spiro atoms. The zero-order chi connectivity index (χ0) is 14.4. The summed E-state index contributed by atoms with van der Waals surface area (Å²) in [5.74, 6) is 0.717. The first-order valence-corrected chi connectivity index (χ1v) is 7.65. The van der Waals surface area contributed by atoms with Crippen LogP contribution in [0, 0.1) is 0 Å². The van der Waals surface area contributed by atoms with E-state index >= 15 is 0 Å². The van der Waals surface area contributed by atoms with Crippen LogP contribution in [-0.2, 0) is 9.39 Å². The summed E-state index contributed by atoms with van der Waals surface area (Å²) in [6, 6.07) is 0. The molecule has 0 amide bonds. The van der Waals surface area contributed by atoms with Crippen molar-refractivity contribution in [3.05, 3.63) is 24.1 Å². The van der Waals surface area contributed by atoms with Gasteiger partial charge < -0.3 is 9.39 Å². The lowest BCUT2D eigenvalue weighted by Crippen LogP contribution is -2.26. The fraction of sp³-hybridized carbons (Fsp3) is 0.688. The normalized spacial score (nSPS) is 20.9. The molecule has 0 aromatic heterocycles. The predicted molar refractivity (Wildman–Crippen MR) is 83.8 cm³/mol. The molecule has 3 nitrogen and oxygen atoms in total. The van der Waals surface area contributed by atoms with E-state index in [0.717, 1.165) is 30.8 Å². The molecule has 2 rings (SSSR count).